The highest BCUT2D eigenvalue weighted by Crippen LogP contribution is 2.25. The molecule has 1 saturated heterocycles. The molecule has 0 unspecified atom stereocenters. The highest BCUT2D eigenvalue weighted by molar-refractivity contribution is 5.84. The Bertz CT molecular complexity index is 528. The molecule has 1 aromatic heterocycles. The molecule has 1 aliphatic rings. The molecule has 20 heavy (non-hydrogen) atoms. The number of carboxylic acids is 1. The topological polar surface area (TPSA) is 88.3 Å². The van der Waals surface area contributed by atoms with Crippen LogP contribution in [-0.4, -0.2) is 56.1 Å². The molecule has 0 aliphatic carbocycles. The van der Waals surface area contributed by atoms with Crippen LogP contribution in [0.1, 0.15) is 29.4 Å². The van der Waals surface area contributed by atoms with Gasteiger partial charge >= 0.3 is 18.1 Å². The predicted molar refractivity (Wildman–Crippen MR) is 57.9 cm³/mol. The lowest BCUT2D eigenvalue weighted by molar-refractivity contribution is -0.187. The second kappa shape index (κ2) is 5.10. The molecule has 110 valence electrons. The number of halogens is 3. The Hall–Kier alpha value is -2.13. The molecule has 1 aliphatic heterocycles. The minimum atomic E-state index is -4.91. The van der Waals surface area contributed by atoms with Crippen LogP contribution in [0.5, 0.6) is 0 Å². The van der Waals surface area contributed by atoms with Crippen LogP contribution < -0.4 is 0 Å². The number of aromatic nitrogens is 3. The molecule has 0 radical (unpaired) electrons. The first-order valence-corrected chi connectivity index (χ1v) is 5.80. The van der Waals surface area contributed by atoms with E-state index < -0.39 is 24.1 Å². The third-order valence-corrected chi connectivity index (χ3v) is 3.03. The number of hydrogen-bond acceptors (Lipinski definition) is 4. The highest BCUT2D eigenvalue weighted by atomic mass is 19.4. The van der Waals surface area contributed by atoms with Crippen LogP contribution in [0, 0.1) is 0 Å². The molecule has 2 rings (SSSR count). The molecule has 7 nitrogen and oxygen atoms in total. The van der Waals surface area contributed by atoms with Crippen LogP contribution >= 0.6 is 0 Å². The summed E-state index contributed by atoms with van der Waals surface area (Å²) in [6, 6.07) is -0.504. The Balaban J connectivity index is 2.10. The first-order chi connectivity index (χ1) is 9.29. The van der Waals surface area contributed by atoms with Gasteiger partial charge < -0.3 is 10.0 Å². The summed E-state index contributed by atoms with van der Waals surface area (Å²) in [5.74, 6) is -3.16. The number of aromatic carboxylic acids is 1. The molecule has 10 heteroatoms. The molecular formula is C10H11F3N4O3. The van der Waals surface area contributed by atoms with E-state index in [-0.39, 0.29) is 18.8 Å². The van der Waals surface area contributed by atoms with Crippen molar-refractivity contribution in [3.05, 3.63) is 11.9 Å². The molecule has 1 fully saturated rings. The van der Waals surface area contributed by atoms with Crippen molar-refractivity contribution in [1.82, 2.24) is 19.9 Å². The maximum absolute atomic E-state index is 12.4. The number of likely N-dealkylation sites (tertiary alicyclic amines) is 1. The van der Waals surface area contributed by atoms with E-state index in [2.05, 4.69) is 10.3 Å². The van der Waals surface area contributed by atoms with Gasteiger partial charge in [-0.2, -0.15) is 13.2 Å². The second-order valence-electron chi connectivity index (χ2n) is 4.43. The minimum absolute atomic E-state index is 0.0231. The van der Waals surface area contributed by atoms with Gasteiger partial charge in [-0.15, -0.1) is 5.10 Å². The molecular weight excluding hydrogens is 281 g/mol. The molecule has 1 amide bonds. The molecule has 0 aromatic carbocycles. The van der Waals surface area contributed by atoms with Crippen molar-refractivity contribution >= 4 is 11.9 Å². The zero-order valence-electron chi connectivity index (χ0n) is 10.2. The van der Waals surface area contributed by atoms with Gasteiger partial charge in [-0.25, -0.2) is 9.48 Å². The van der Waals surface area contributed by atoms with Gasteiger partial charge in [-0.05, 0) is 12.8 Å². The summed E-state index contributed by atoms with van der Waals surface area (Å²) in [5.41, 5.74) is -0.288. The zero-order chi connectivity index (χ0) is 14.9. The number of hydrogen-bond donors (Lipinski definition) is 1. The minimum Gasteiger partial charge on any atom is -0.476 e. The lowest BCUT2D eigenvalue weighted by Crippen LogP contribution is -2.46. The molecule has 0 bridgehead atoms. The van der Waals surface area contributed by atoms with Gasteiger partial charge in [0.2, 0.25) is 0 Å². The normalized spacial score (nSPS) is 19.9. The van der Waals surface area contributed by atoms with Gasteiger partial charge in [0.05, 0.1) is 12.2 Å². The number of amides is 1. The quantitative estimate of drug-likeness (QED) is 0.867. The molecule has 0 saturated carbocycles. The van der Waals surface area contributed by atoms with E-state index in [1.165, 1.54) is 4.68 Å². The van der Waals surface area contributed by atoms with Crippen LogP contribution in [0.2, 0.25) is 0 Å². The number of rotatable bonds is 2. The Kier molecular flexibility index (Phi) is 3.64. The maximum Gasteiger partial charge on any atom is 0.471 e. The monoisotopic (exact) mass is 292 g/mol. The number of piperidine rings is 1. The summed E-state index contributed by atoms with van der Waals surface area (Å²) in [7, 11) is 0. The second-order valence-corrected chi connectivity index (χ2v) is 4.43. The summed E-state index contributed by atoms with van der Waals surface area (Å²) < 4.78 is 38.3. The molecule has 1 N–H and O–H groups in total. The van der Waals surface area contributed by atoms with Crippen molar-refractivity contribution in [1.29, 1.82) is 0 Å². The van der Waals surface area contributed by atoms with Crippen LogP contribution in [0.3, 0.4) is 0 Å². The Morgan fingerprint density at radius 1 is 1.40 bits per heavy atom. The van der Waals surface area contributed by atoms with Crippen molar-refractivity contribution in [2.24, 2.45) is 0 Å². The van der Waals surface area contributed by atoms with Crippen LogP contribution in [0.15, 0.2) is 6.20 Å². The molecule has 1 aromatic rings. The van der Waals surface area contributed by atoms with Crippen molar-refractivity contribution in [3.8, 4) is 0 Å². The molecule has 0 spiro atoms. The van der Waals surface area contributed by atoms with Gasteiger partial charge in [0.1, 0.15) is 0 Å². The van der Waals surface area contributed by atoms with Crippen molar-refractivity contribution in [2.45, 2.75) is 25.1 Å². The number of carboxylic acid groups (broad SMARTS) is 1. The Labute approximate surface area is 111 Å². The van der Waals surface area contributed by atoms with Gasteiger partial charge in [0.15, 0.2) is 5.69 Å². The van der Waals surface area contributed by atoms with Crippen LogP contribution in [-0.2, 0) is 4.79 Å². The summed E-state index contributed by atoms with van der Waals surface area (Å²) in [6.07, 6.45) is -2.87. The van der Waals surface area contributed by atoms with Crippen molar-refractivity contribution in [2.75, 3.05) is 13.1 Å². The molecule has 1 atom stereocenters. The van der Waals surface area contributed by atoms with E-state index in [4.69, 9.17) is 5.11 Å². The lowest BCUT2D eigenvalue weighted by Gasteiger charge is -2.32. The third-order valence-electron chi connectivity index (χ3n) is 3.03. The van der Waals surface area contributed by atoms with E-state index >= 15 is 0 Å². The average Bonchev–Trinajstić information content (AvgIpc) is 2.86. The van der Waals surface area contributed by atoms with E-state index in [1.807, 2.05) is 0 Å². The SMILES string of the molecule is O=C(O)c1cn([C@H]2CCCN(C(=O)C(F)(F)F)C2)nn1. The Morgan fingerprint density at radius 2 is 2.10 bits per heavy atom. The van der Waals surface area contributed by atoms with Crippen LogP contribution in [0.25, 0.3) is 0 Å². The number of carbonyl (C=O) groups is 2. The van der Waals surface area contributed by atoms with Gasteiger partial charge in [-0.1, -0.05) is 5.21 Å². The lowest BCUT2D eigenvalue weighted by atomic mass is 10.1. The first kappa shape index (κ1) is 14.3. The standard InChI is InChI=1S/C10H11F3N4O3/c11-10(12,13)9(20)16-3-1-2-6(4-16)17-5-7(8(18)19)14-15-17/h5-6H,1-4H2,(H,18,19)/t6-/m0/s1. The van der Waals surface area contributed by atoms with Crippen LogP contribution in [0.4, 0.5) is 13.2 Å². The highest BCUT2D eigenvalue weighted by Gasteiger charge is 2.43. The first-order valence-electron chi connectivity index (χ1n) is 5.80. The molecule has 2 heterocycles. The summed E-state index contributed by atoms with van der Waals surface area (Å²) in [5, 5.41) is 15.7. The van der Waals surface area contributed by atoms with E-state index in [0.29, 0.717) is 17.7 Å². The number of nitrogens with zero attached hydrogens (tertiary/aromatic N) is 4. The fourth-order valence-electron chi connectivity index (χ4n) is 2.09. The smallest absolute Gasteiger partial charge is 0.471 e. The van der Waals surface area contributed by atoms with Gasteiger partial charge in [0.25, 0.3) is 0 Å². The average molecular weight is 292 g/mol. The van der Waals surface area contributed by atoms with E-state index in [1.54, 1.807) is 0 Å². The largest absolute Gasteiger partial charge is 0.476 e. The van der Waals surface area contributed by atoms with E-state index in [9.17, 15) is 22.8 Å². The fourth-order valence-corrected chi connectivity index (χ4v) is 2.09. The van der Waals surface area contributed by atoms with Gasteiger partial charge in [-0.3, -0.25) is 4.79 Å². The van der Waals surface area contributed by atoms with Crippen molar-refractivity contribution in [3.63, 3.8) is 0 Å². The van der Waals surface area contributed by atoms with Gasteiger partial charge in [0, 0.05) is 13.1 Å². The fraction of sp³-hybridized carbons (Fsp3) is 0.600. The summed E-state index contributed by atoms with van der Waals surface area (Å²) in [6.45, 7) is -0.143. The maximum atomic E-state index is 12.4. The zero-order valence-corrected chi connectivity index (χ0v) is 10.2. The predicted octanol–water partition coefficient (Wildman–Crippen LogP) is 0.702. The third kappa shape index (κ3) is 2.89. The Morgan fingerprint density at radius 3 is 2.65 bits per heavy atom. The van der Waals surface area contributed by atoms with E-state index in [0.717, 1.165) is 6.20 Å². The van der Waals surface area contributed by atoms with Crippen molar-refractivity contribution < 1.29 is 27.9 Å². The number of carbonyl (C=O) groups excluding carboxylic acids is 1. The number of alkyl halides is 3. The summed E-state index contributed by atoms with van der Waals surface area (Å²) >= 11 is 0. The summed E-state index contributed by atoms with van der Waals surface area (Å²) in [4.78, 5) is 22.5.